The second-order valence-electron chi connectivity index (χ2n) is 3.51. The highest BCUT2D eigenvalue weighted by Crippen LogP contribution is 2.27. The minimum Gasteiger partial charge on any atom is -0.462 e. The third-order valence-electron chi connectivity index (χ3n) is 2.01. The lowest BCUT2D eigenvalue weighted by atomic mass is 10.2. The summed E-state index contributed by atoms with van der Waals surface area (Å²) in [6.07, 6.45) is 0. The van der Waals surface area contributed by atoms with E-state index in [0.717, 1.165) is 12.1 Å². The van der Waals surface area contributed by atoms with E-state index in [9.17, 15) is 9.18 Å². The van der Waals surface area contributed by atoms with Crippen LogP contribution in [-0.2, 0) is 4.74 Å². The predicted octanol–water partition coefficient (Wildman–Crippen LogP) is 0.875. The Hall–Kier alpha value is -2.35. The highest BCUT2D eigenvalue weighted by atomic mass is 35.5. The third-order valence-corrected chi connectivity index (χ3v) is 2.32. The first kappa shape index (κ1) is 15.7. The van der Waals surface area contributed by atoms with E-state index >= 15 is 0 Å². The number of carbonyl (C=O) groups is 1. The number of guanidine groups is 2. The van der Waals surface area contributed by atoms with Crippen LogP contribution in [0.3, 0.4) is 0 Å². The Kier molecular flexibility index (Phi) is 5.27. The molecule has 20 heavy (non-hydrogen) atoms. The van der Waals surface area contributed by atoms with Crippen LogP contribution in [0.15, 0.2) is 22.1 Å². The van der Waals surface area contributed by atoms with Crippen LogP contribution < -0.4 is 17.2 Å². The lowest BCUT2D eigenvalue weighted by Gasteiger charge is -2.06. The molecule has 0 fully saturated rings. The van der Waals surface area contributed by atoms with Gasteiger partial charge in [-0.3, -0.25) is 0 Å². The molecule has 0 saturated carbocycles. The summed E-state index contributed by atoms with van der Waals surface area (Å²) >= 11 is 5.76. The van der Waals surface area contributed by atoms with Gasteiger partial charge in [0.15, 0.2) is 5.96 Å². The SMILES string of the molecule is CCOC(=O)c1cc(N=C(N)N=C(N)N)c(F)cc1Cl. The average molecular weight is 302 g/mol. The minimum absolute atomic E-state index is 0.0360. The van der Waals surface area contributed by atoms with Crippen molar-refractivity contribution < 1.29 is 13.9 Å². The number of aliphatic imine (C=N–C) groups is 2. The molecule has 0 unspecified atom stereocenters. The zero-order chi connectivity index (χ0) is 15.3. The Balaban J connectivity index is 3.25. The van der Waals surface area contributed by atoms with Gasteiger partial charge in [-0.15, -0.1) is 0 Å². The maximum Gasteiger partial charge on any atom is 0.339 e. The maximum atomic E-state index is 13.7. The molecule has 0 aliphatic heterocycles. The molecule has 0 heterocycles. The van der Waals surface area contributed by atoms with E-state index in [0.29, 0.717) is 0 Å². The van der Waals surface area contributed by atoms with Crippen molar-refractivity contribution in [2.75, 3.05) is 6.61 Å². The summed E-state index contributed by atoms with van der Waals surface area (Å²) in [7, 11) is 0. The predicted molar refractivity (Wildman–Crippen MR) is 74.5 cm³/mol. The summed E-state index contributed by atoms with van der Waals surface area (Å²) in [6, 6.07) is 2.03. The number of esters is 1. The number of hydrogen-bond acceptors (Lipinski definition) is 3. The van der Waals surface area contributed by atoms with Crippen molar-refractivity contribution in [3.8, 4) is 0 Å². The van der Waals surface area contributed by atoms with E-state index in [1.807, 2.05) is 0 Å². The number of ether oxygens (including phenoxy) is 1. The first-order valence-electron chi connectivity index (χ1n) is 5.45. The average Bonchev–Trinajstić information content (AvgIpc) is 2.31. The molecule has 0 spiro atoms. The smallest absolute Gasteiger partial charge is 0.339 e. The minimum atomic E-state index is -0.781. The molecule has 0 aromatic heterocycles. The fraction of sp³-hybridized carbons (Fsp3) is 0.182. The van der Waals surface area contributed by atoms with Crippen LogP contribution in [0.5, 0.6) is 0 Å². The van der Waals surface area contributed by atoms with Crippen LogP contribution in [-0.4, -0.2) is 24.5 Å². The number of benzene rings is 1. The first-order valence-corrected chi connectivity index (χ1v) is 5.83. The van der Waals surface area contributed by atoms with Crippen molar-refractivity contribution in [3.05, 3.63) is 28.5 Å². The van der Waals surface area contributed by atoms with Crippen LogP contribution in [0.25, 0.3) is 0 Å². The molecule has 0 aliphatic rings. The number of nitrogens with zero attached hydrogens (tertiary/aromatic N) is 2. The Morgan fingerprint density at radius 2 is 2.05 bits per heavy atom. The van der Waals surface area contributed by atoms with Gasteiger partial charge in [0.25, 0.3) is 0 Å². The summed E-state index contributed by atoms with van der Waals surface area (Å²) in [6.45, 7) is 1.78. The fourth-order valence-electron chi connectivity index (χ4n) is 1.27. The topological polar surface area (TPSA) is 129 Å². The Bertz CT molecular complexity index is 584. The van der Waals surface area contributed by atoms with Gasteiger partial charge in [-0.25, -0.2) is 14.2 Å². The molecule has 0 amide bonds. The van der Waals surface area contributed by atoms with Gasteiger partial charge >= 0.3 is 5.97 Å². The highest BCUT2D eigenvalue weighted by Gasteiger charge is 2.15. The largest absolute Gasteiger partial charge is 0.462 e. The van der Waals surface area contributed by atoms with Gasteiger partial charge < -0.3 is 21.9 Å². The molecule has 9 heteroatoms. The van der Waals surface area contributed by atoms with Gasteiger partial charge in [-0.1, -0.05) is 11.6 Å². The van der Waals surface area contributed by atoms with Crippen LogP contribution in [0, 0.1) is 5.82 Å². The normalized spacial score (nSPS) is 11.1. The van der Waals surface area contributed by atoms with Gasteiger partial charge in [0.05, 0.1) is 17.2 Å². The summed E-state index contributed by atoms with van der Waals surface area (Å²) in [5, 5.41) is -0.0969. The van der Waals surface area contributed by atoms with E-state index in [2.05, 4.69) is 9.98 Å². The van der Waals surface area contributed by atoms with Crippen molar-refractivity contribution in [2.45, 2.75) is 6.92 Å². The standard InChI is InChI=1S/C11H13ClFN5O2/c1-2-20-9(19)5-3-8(7(13)4-6(5)12)17-11(16)18-10(14)15/h3-4H,2H2,1H3,(H6,14,15,16,17,18). The van der Waals surface area contributed by atoms with E-state index in [-0.39, 0.29) is 34.8 Å². The van der Waals surface area contributed by atoms with Gasteiger partial charge in [0.2, 0.25) is 5.96 Å². The highest BCUT2D eigenvalue weighted by molar-refractivity contribution is 6.33. The zero-order valence-corrected chi connectivity index (χ0v) is 11.3. The molecule has 6 N–H and O–H groups in total. The van der Waals surface area contributed by atoms with Crippen LogP contribution in [0.1, 0.15) is 17.3 Å². The molecule has 1 rings (SSSR count). The van der Waals surface area contributed by atoms with Crippen molar-refractivity contribution in [3.63, 3.8) is 0 Å². The molecular weight excluding hydrogens is 289 g/mol. The van der Waals surface area contributed by atoms with E-state index in [1.165, 1.54) is 0 Å². The number of hydrogen-bond donors (Lipinski definition) is 3. The third kappa shape index (κ3) is 4.09. The molecule has 108 valence electrons. The first-order chi connectivity index (χ1) is 9.35. The Morgan fingerprint density at radius 1 is 1.40 bits per heavy atom. The van der Waals surface area contributed by atoms with E-state index in [4.69, 9.17) is 33.5 Å². The van der Waals surface area contributed by atoms with Gasteiger partial charge in [0.1, 0.15) is 11.5 Å². The Morgan fingerprint density at radius 3 is 2.60 bits per heavy atom. The number of nitrogens with two attached hydrogens (primary N) is 3. The van der Waals surface area contributed by atoms with Gasteiger partial charge in [-0.05, 0) is 19.1 Å². The molecule has 0 bridgehead atoms. The lowest BCUT2D eigenvalue weighted by molar-refractivity contribution is 0.0526. The van der Waals surface area contributed by atoms with Crippen molar-refractivity contribution >= 4 is 35.2 Å². The fourth-order valence-corrected chi connectivity index (χ4v) is 1.50. The molecular formula is C11H13ClFN5O2. The molecule has 7 nitrogen and oxygen atoms in total. The molecule has 0 radical (unpaired) electrons. The summed E-state index contributed by atoms with van der Waals surface area (Å²) in [5.41, 5.74) is 15.3. The second-order valence-corrected chi connectivity index (χ2v) is 3.92. The van der Waals surface area contributed by atoms with Crippen molar-refractivity contribution in [1.82, 2.24) is 0 Å². The Labute approximate surface area is 119 Å². The summed E-state index contributed by atoms with van der Waals surface area (Å²) in [5.74, 6) is -2.17. The molecule has 1 aromatic carbocycles. The van der Waals surface area contributed by atoms with Crippen LogP contribution >= 0.6 is 11.6 Å². The lowest BCUT2D eigenvalue weighted by Crippen LogP contribution is -2.26. The van der Waals surface area contributed by atoms with Gasteiger partial charge in [0, 0.05) is 0 Å². The zero-order valence-electron chi connectivity index (χ0n) is 10.6. The van der Waals surface area contributed by atoms with Crippen LogP contribution in [0.2, 0.25) is 5.02 Å². The van der Waals surface area contributed by atoms with Crippen molar-refractivity contribution in [2.24, 2.45) is 27.2 Å². The monoisotopic (exact) mass is 301 g/mol. The van der Waals surface area contributed by atoms with E-state index < -0.39 is 11.8 Å². The van der Waals surface area contributed by atoms with Crippen LogP contribution in [0.4, 0.5) is 10.1 Å². The maximum absolute atomic E-state index is 13.7. The molecule has 0 aliphatic carbocycles. The second kappa shape index (κ2) is 6.71. The van der Waals surface area contributed by atoms with E-state index in [1.54, 1.807) is 6.92 Å². The van der Waals surface area contributed by atoms with Crippen molar-refractivity contribution in [1.29, 1.82) is 0 Å². The number of rotatable bonds is 3. The quantitative estimate of drug-likeness (QED) is 0.433. The number of carbonyl (C=O) groups excluding carboxylic acids is 1. The summed E-state index contributed by atoms with van der Waals surface area (Å²) < 4.78 is 18.4. The molecule has 1 aromatic rings. The van der Waals surface area contributed by atoms with Gasteiger partial charge in [-0.2, -0.15) is 4.99 Å². The summed E-state index contributed by atoms with van der Waals surface area (Å²) in [4.78, 5) is 18.7. The molecule has 0 atom stereocenters. The number of halogens is 2. The molecule has 0 saturated heterocycles.